The third-order valence-corrected chi connectivity index (χ3v) is 1.88. The van der Waals surface area contributed by atoms with Crippen LogP contribution in [0.25, 0.3) is 0 Å². The second kappa shape index (κ2) is 5.04. The van der Waals surface area contributed by atoms with Crippen molar-refractivity contribution in [3.63, 3.8) is 0 Å². The molecule has 2 N–H and O–H groups in total. The summed E-state index contributed by atoms with van der Waals surface area (Å²) < 4.78 is 0. The second-order valence-electron chi connectivity index (χ2n) is 2.96. The number of non-ortho nitro benzene ring substituents is 1. The number of nitro benzene ring substituents is 1. The Balaban J connectivity index is 2.77. The zero-order valence-corrected chi connectivity index (χ0v) is 8.29. The minimum atomic E-state index is -1.20. The van der Waals surface area contributed by atoms with Gasteiger partial charge in [0.15, 0.2) is 6.23 Å². The van der Waals surface area contributed by atoms with Crippen molar-refractivity contribution in [2.24, 2.45) is 0 Å². The Kier molecular flexibility index (Phi) is 3.73. The van der Waals surface area contributed by atoms with Gasteiger partial charge in [-0.3, -0.25) is 14.9 Å². The van der Waals surface area contributed by atoms with Gasteiger partial charge in [-0.1, -0.05) is 6.58 Å². The average molecular weight is 222 g/mol. The van der Waals surface area contributed by atoms with E-state index in [2.05, 4.69) is 11.9 Å². The topological polar surface area (TPSA) is 92.5 Å². The number of nitrogens with zero attached hydrogens (tertiary/aromatic N) is 1. The van der Waals surface area contributed by atoms with E-state index in [1.54, 1.807) is 0 Å². The predicted molar refractivity (Wildman–Crippen MR) is 56.4 cm³/mol. The number of carbonyl (C=O) groups is 1. The highest BCUT2D eigenvalue weighted by Gasteiger charge is 2.11. The molecule has 1 amide bonds. The number of carbonyl (C=O) groups excluding carboxylic acids is 1. The van der Waals surface area contributed by atoms with Gasteiger partial charge in [0.05, 0.1) is 4.92 Å². The van der Waals surface area contributed by atoms with Crippen LogP contribution < -0.4 is 5.32 Å². The lowest BCUT2D eigenvalue weighted by Crippen LogP contribution is -2.26. The number of aliphatic hydroxyl groups is 1. The Labute approximate surface area is 91.4 Å². The molecule has 0 aromatic heterocycles. The van der Waals surface area contributed by atoms with E-state index >= 15 is 0 Å². The van der Waals surface area contributed by atoms with Gasteiger partial charge >= 0.3 is 0 Å². The highest BCUT2D eigenvalue weighted by atomic mass is 16.6. The number of benzene rings is 1. The van der Waals surface area contributed by atoms with Crippen LogP contribution >= 0.6 is 0 Å². The lowest BCUT2D eigenvalue weighted by molar-refractivity contribution is -0.384. The summed E-state index contributed by atoms with van der Waals surface area (Å²) in [5.41, 5.74) is 0.284. The van der Waals surface area contributed by atoms with E-state index in [0.29, 0.717) is 5.56 Å². The first kappa shape index (κ1) is 11.9. The van der Waals surface area contributed by atoms with Gasteiger partial charge in [-0.05, 0) is 18.2 Å². The molecule has 0 aliphatic rings. The lowest BCUT2D eigenvalue weighted by Gasteiger charge is -2.11. The standard InChI is InChI=1S/C10H10N2O4/c1-2-9(13)11-10(14)7-3-5-8(6-4-7)12(15)16/h2-6,10,14H,1H2,(H,11,13). The first-order valence-electron chi connectivity index (χ1n) is 4.40. The SMILES string of the molecule is C=CC(=O)NC(O)c1ccc([N+](=O)[O-])cc1. The first-order valence-corrected chi connectivity index (χ1v) is 4.40. The van der Waals surface area contributed by atoms with Gasteiger partial charge in [-0.25, -0.2) is 0 Å². The maximum atomic E-state index is 10.9. The molecule has 0 aliphatic carbocycles. The van der Waals surface area contributed by atoms with E-state index in [4.69, 9.17) is 0 Å². The molecule has 0 radical (unpaired) electrons. The summed E-state index contributed by atoms with van der Waals surface area (Å²) in [6.07, 6.45) is -0.180. The highest BCUT2D eigenvalue weighted by molar-refractivity contribution is 5.87. The van der Waals surface area contributed by atoms with Crippen molar-refractivity contribution in [2.45, 2.75) is 6.23 Å². The third kappa shape index (κ3) is 2.89. The Morgan fingerprint density at radius 3 is 2.50 bits per heavy atom. The largest absolute Gasteiger partial charge is 0.369 e. The second-order valence-corrected chi connectivity index (χ2v) is 2.96. The summed E-state index contributed by atoms with van der Waals surface area (Å²) in [5, 5.41) is 22.1. The van der Waals surface area contributed by atoms with Crippen molar-refractivity contribution in [2.75, 3.05) is 0 Å². The Bertz CT molecular complexity index is 413. The van der Waals surface area contributed by atoms with E-state index in [-0.39, 0.29) is 5.69 Å². The fourth-order valence-electron chi connectivity index (χ4n) is 1.06. The van der Waals surface area contributed by atoms with Crippen LogP contribution in [0.5, 0.6) is 0 Å². The van der Waals surface area contributed by atoms with Crippen molar-refractivity contribution in [3.8, 4) is 0 Å². The molecule has 1 aromatic carbocycles. The summed E-state index contributed by atoms with van der Waals surface area (Å²) in [7, 11) is 0. The van der Waals surface area contributed by atoms with Gasteiger partial charge in [-0.15, -0.1) is 0 Å². The fraction of sp³-hybridized carbons (Fsp3) is 0.100. The molecule has 0 saturated carbocycles. The number of aliphatic hydroxyl groups excluding tert-OH is 1. The first-order chi connectivity index (χ1) is 7.54. The molecule has 16 heavy (non-hydrogen) atoms. The molecule has 0 spiro atoms. The van der Waals surface area contributed by atoms with Crippen LogP contribution in [0.15, 0.2) is 36.9 Å². The van der Waals surface area contributed by atoms with Crippen molar-refractivity contribution in [1.82, 2.24) is 5.32 Å². The zero-order valence-electron chi connectivity index (χ0n) is 8.29. The van der Waals surface area contributed by atoms with Gasteiger partial charge in [0.25, 0.3) is 5.69 Å². The summed E-state index contributed by atoms with van der Waals surface area (Å²) in [4.78, 5) is 20.7. The Morgan fingerprint density at radius 1 is 1.50 bits per heavy atom. The summed E-state index contributed by atoms with van der Waals surface area (Å²) in [6, 6.07) is 5.23. The monoisotopic (exact) mass is 222 g/mol. The Hall–Kier alpha value is -2.21. The van der Waals surface area contributed by atoms with Crippen LogP contribution in [0.2, 0.25) is 0 Å². The average Bonchev–Trinajstić information content (AvgIpc) is 2.28. The lowest BCUT2D eigenvalue weighted by atomic mass is 10.2. The van der Waals surface area contributed by atoms with Crippen LogP contribution in [-0.4, -0.2) is 15.9 Å². The number of hydrogen-bond donors (Lipinski definition) is 2. The predicted octanol–water partition coefficient (Wildman–Crippen LogP) is 0.888. The molecule has 1 atom stereocenters. The Morgan fingerprint density at radius 2 is 2.06 bits per heavy atom. The highest BCUT2D eigenvalue weighted by Crippen LogP contribution is 2.15. The minimum Gasteiger partial charge on any atom is -0.369 e. The number of rotatable bonds is 4. The molecular weight excluding hydrogens is 212 g/mol. The van der Waals surface area contributed by atoms with Gasteiger partial charge in [-0.2, -0.15) is 0 Å². The molecule has 0 fully saturated rings. The van der Waals surface area contributed by atoms with E-state index < -0.39 is 17.1 Å². The van der Waals surface area contributed by atoms with Crippen LogP contribution in [0.1, 0.15) is 11.8 Å². The smallest absolute Gasteiger partial charge is 0.269 e. The van der Waals surface area contributed by atoms with Crippen LogP contribution in [0.4, 0.5) is 5.69 Å². The molecule has 0 saturated heterocycles. The van der Waals surface area contributed by atoms with Crippen LogP contribution in [-0.2, 0) is 4.79 Å². The van der Waals surface area contributed by atoms with E-state index in [1.165, 1.54) is 24.3 Å². The maximum Gasteiger partial charge on any atom is 0.269 e. The number of amides is 1. The fourth-order valence-corrected chi connectivity index (χ4v) is 1.06. The third-order valence-electron chi connectivity index (χ3n) is 1.88. The molecule has 1 unspecified atom stereocenters. The molecule has 6 nitrogen and oxygen atoms in total. The molecule has 0 aliphatic heterocycles. The summed E-state index contributed by atoms with van der Waals surface area (Å²) in [6.45, 7) is 3.23. The van der Waals surface area contributed by atoms with Crippen molar-refractivity contribution in [3.05, 3.63) is 52.6 Å². The van der Waals surface area contributed by atoms with Crippen LogP contribution in [0, 0.1) is 10.1 Å². The number of hydrogen-bond acceptors (Lipinski definition) is 4. The van der Waals surface area contributed by atoms with Crippen molar-refractivity contribution >= 4 is 11.6 Å². The zero-order chi connectivity index (χ0) is 12.1. The maximum absolute atomic E-state index is 10.9. The molecule has 0 bridgehead atoms. The van der Waals surface area contributed by atoms with E-state index in [9.17, 15) is 20.0 Å². The summed E-state index contributed by atoms with van der Waals surface area (Å²) >= 11 is 0. The molecule has 0 heterocycles. The number of nitrogens with one attached hydrogen (secondary N) is 1. The molecule has 6 heteroatoms. The molecular formula is C10H10N2O4. The van der Waals surface area contributed by atoms with Crippen LogP contribution in [0.3, 0.4) is 0 Å². The summed E-state index contributed by atoms with van der Waals surface area (Å²) in [5.74, 6) is -0.522. The van der Waals surface area contributed by atoms with Gasteiger partial charge in [0, 0.05) is 17.7 Å². The minimum absolute atomic E-state index is 0.0778. The quantitative estimate of drug-likeness (QED) is 0.342. The van der Waals surface area contributed by atoms with E-state index in [0.717, 1.165) is 6.08 Å². The molecule has 1 aromatic rings. The number of nitro groups is 1. The molecule has 1 rings (SSSR count). The molecule has 84 valence electrons. The van der Waals surface area contributed by atoms with E-state index in [1.807, 2.05) is 0 Å². The van der Waals surface area contributed by atoms with Gasteiger partial charge < -0.3 is 10.4 Å². The van der Waals surface area contributed by atoms with Crippen molar-refractivity contribution in [1.29, 1.82) is 0 Å². The normalized spacial score (nSPS) is 11.6. The van der Waals surface area contributed by atoms with Gasteiger partial charge in [0.2, 0.25) is 5.91 Å². The van der Waals surface area contributed by atoms with Crippen molar-refractivity contribution < 1.29 is 14.8 Å². The van der Waals surface area contributed by atoms with Gasteiger partial charge in [0.1, 0.15) is 0 Å².